The molecule has 2 rings (SSSR count). The normalized spacial score (nSPS) is 10.9. The summed E-state index contributed by atoms with van der Waals surface area (Å²) >= 11 is 1.44. The number of sulfonamides is 1. The van der Waals surface area contributed by atoms with Crippen LogP contribution in [0.15, 0.2) is 47.4 Å². The Kier molecular flexibility index (Phi) is 5.53. The molecule has 1 aromatic carbocycles. The molecule has 0 aliphatic heterocycles. The Labute approximate surface area is 128 Å². The molecule has 0 spiro atoms. The largest absolute Gasteiger partial charge is 0.395 e. The highest BCUT2D eigenvalue weighted by Crippen LogP contribution is 2.16. The number of hydrogen-bond donors (Lipinski definition) is 2. The van der Waals surface area contributed by atoms with Crippen molar-refractivity contribution in [1.29, 1.82) is 0 Å². The molecule has 1 heterocycles. The lowest BCUT2D eigenvalue weighted by Crippen LogP contribution is -2.22. The van der Waals surface area contributed by atoms with Crippen molar-refractivity contribution in [2.75, 3.05) is 6.61 Å². The van der Waals surface area contributed by atoms with Gasteiger partial charge in [-0.25, -0.2) is 13.1 Å². The van der Waals surface area contributed by atoms with E-state index in [-0.39, 0.29) is 18.0 Å². The van der Waals surface area contributed by atoms with Crippen LogP contribution in [0.1, 0.15) is 16.2 Å². The minimum Gasteiger partial charge on any atom is -0.395 e. The molecular formula is C15H15NO3S2. The van der Waals surface area contributed by atoms with Crippen LogP contribution in [-0.4, -0.2) is 20.1 Å². The van der Waals surface area contributed by atoms with Crippen molar-refractivity contribution in [3.05, 3.63) is 52.2 Å². The monoisotopic (exact) mass is 321 g/mol. The predicted octanol–water partition coefficient (Wildman–Crippen LogP) is 1.96. The molecule has 2 aromatic rings. The highest BCUT2D eigenvalue weighted by Gasteiger charge is 2.13. The quantitative estimate of drug-likeness (QED) is 0.827. The fourth-order valence-corrected chi connectivity index (χ4v) is 3.54. The average Bonchev–Trinajstić information content (AvgIpc) is 2.95. The second-order valence-electron chi connectivity index (χ2n) is 4.18. The molecule has 0 aliphatic rings. The van der Waals surface area contributed by atoms with Crippen LogP contribution in [0.5, 0.6) is 0 Å². The van der Waals surface area contributed by atoms with Gasteiger partial charge in [-0.3, -0.25) is 0 Å². The van der Waals surface area contributed by atoms with E-state index < -0.39 is 10.0 Å². The Morgan fingerprint density at radius 1 is 1.14 bits per heavy atom. The van der Waals surface area contributed by atoms with Crippen molar-refractivity contribution in [2.45, 2.75) is 17.9 Å². The van der Waals surface area contributed by atoms with Gasteiger partial charge in [0.15, 0.2) is 0 Å². The van der Waals surface area contributed by atoms with E-state index in [1.54, 1.807) is 30.3 Å². The molecule has 21 heavy (non-hydrogen) atoms. The Morgan fingerprint density at radius 2 is 1.90 bits per heavy atom. The van der Waals surface area contributed by atoms with Crippen LogP contribution in [0.4, 0.5) is 0 Å². The maximum absolute atomic E-state index is 12.1. The summed E-state index contributed by atoms with van der Waals surface area (Å²) in [5.41, 5.74) is 0. The Morgan fingerprint density at radius 3 is 2.62 bits per heavy atom. The maximum atomic E-state index is 12.1. The lowest BCUT2D eigenvalue weighted by atomic mass is 10.4. The first-order valence-corrected chi connectivity index (χ1v) is 8.65. The third-order valence-electron chi connectivity index (χ3n) is 2.60. The molecule has 0 atom stereocenters. The third-order valence-corrected chi connectivity index (χ3v) is 5.02. The summed E-state index contributed by atoms with van der Waals surface area (Å²) in [6.07, 6.45) is 0.438. The molecule has 0 bridgehead atoms. The van der Waals surface area contributed by atoms with Crippen LogP contribution < -0.4 is 4.72 Å². The van der Waals surface area contributed by atoms with Crippen LogP contribution >= 0.6 is 11.3 Å². The van der Waals surface area contributed by atoms with Gasteiger partial charge in [0, 0.05) is 17.8 Å². The standard InChI is InChI=1S/C15H15NO3S2/c17-11-5-4-6-13-9-10-14(20-13)12-16-21(18,19)15-7-2-1-3-8-15/h1-3,7-10,16-17H,5,11-12H2. The number of benzene rings is 1. The molecule has 0 saturated carbocycles. The summed E-state index contributed by atoms with van der Waals surface area (Å²) in [7, 11) is -3.48. The summed E-state index contributed by atoms with van der Waals surface area (Å²) in [6.45, 7) is 0.283. The summed E-state index contributed by atoms with van der Waals surface area (Å²) in [5, 5.41) is 8.66. The van der Waals surface area contributed by atoms with Gasteiger partial charge >= 0.3 is 0 Å². The van der Waals surface area contributed by atoms with Crippen molar-refractivity contribution in [1.82, 2.24) is 4.72 Å². The highest BCUT2D eigenvalue weighted by atomic mass is 32.2. The number of aliphatic hydroxyl groups excluding tert-OH is 1. The van der Waals surface area contributed by atoms with E-state index in [0.717, 1.165) is 9.75 Å². The van der Waals surface area contributed by atoms with Gasteiger partial charge in [0.1, 0.15) is 0 Å². The molecule has 4 nitrogen and oxygen atoms in total. The van der Waals surface area contributed by atoms with Gasteiger partial charge in [-0.2, -0.15) is 0 Å². The molecular weight excluding hydrogens is 306 g/mol. The Hall–Kier alpha value is -1.65. The second-order valence-corrected chi connectivity index (χ2v) is 7.11. The topological polar surface area (TPSA) is 66.4 Å². The molecule has 110 valence electrons. The first-order chi connectivity index (χ1) is 10.1. The van der Waals surface area contributed by atoms with Gasteiger partial charge in [-0.15, -0.1) is 11.3 Å². The maximum Gasteiger partial charge on any atom is 0.240 e. The number of rotatable bonds is 5. The van der Waals surface area contributed by atoms with E-state index >= 15 is 0 Å². The van der Waals surface area contributed by atoms with Crippen molar-refractivity contribution >= 4 is 21.4 Å². The van der Waals surface area contributed by atoms with Crippen molar-refractivity contribution in [2.24, 2.45) is 0 Å². The summed E-state index contributed by atoms with van der Waals surface area (Å²) in [6, 6.07) is 12.0. The van der Waals surface area contributed by atoms with Gasteiger partial charge in [0.05, 0.1) is 16.4 Å². The van der Waals surface area contributed by atoms with Gasteiger partial charge in [-0.05, 0) is 24.3 Å². The molecule has 0 fully saturated rings. The van der Waals surface area contributed by atoms with Gasteiger partial charge in [0.25, 0.3) is 0 Å². The van der Waals surface area contributed by atoms with Crippen molar-refractivity contribution < 1.29 is 13.5 Å². The van der Waals surface area contributed by atoms with E-state index in [0.29, 0.717) is 6.42 Å². The van der Waals surface area contributed by atoms with E-state index in [4.69, 9.17) is 5.11 Å². The lowest BCUT2D eigenvalue weighted by molar-refractivity contribution is 0.305. The first kappa shape index (κ1) is 15.7. The number of thiophene rings is 1. The minimum absolute atomic E-state index is 0.0438. The minimum atomic E-state index is -3.48. The molecule has 0 unspecified atom stereocenters. The molecule has 2 N–H and O–H groups in total. The zero-order valence-corrected chi connectivity index (χ0v) is 12.9. The second kappa shape index (κ2) is 7.38. The smallest absolute Gasteiger partial charge is 0.240 e. The van der Waals surface area contributed by atoms with E-state index in [9.17, 15) is 8.42 Å². The third kappa shape index (κ3) is 4.69. The lowest BCUT2D eigenvalue weighted by Gasteiger charge is -2.04. The molecule has 0 aliphatic carbocycles. The SMILES string of the molecule is O=S(=O)(NCc1ccc(C#CCCO)s1)c1ccccc1. The van der Waals surface area contributed by atoms with Crippen LogP contribution in [0.25, 0.3) is 0 Å². The first-order valence-electron chi connectivity index (χ1n) is 6.35. The molecule has 0 amide bonds. The summed E-state index contributed by atoms with van der Waals surface area (Å²) in [5.74, 6) is 5.76. The Balaban J connectivity index is 1.99. The van der Waals surface area contributed by atoms with Gasteiger partial charge in [0.2, 0.25) is 10.0 Å². The van der Waals surface area contributed by atoms with Crippen molar-refractivity contribution in [3.63, 3.8) is 0 Å². The summed E-state index contributed by atoms with van der Waals surface area (Å²) < 4.78 is 26.7. The van der Waals surface area contributed by atoms with Crippen LogP contribution in [0.2, 0.25) is 0 Å². The van der Waals surface area contributed by atoms with Crippen LogP contribution in [0.3, 0.4) is 0 Å². The van der Waals surface area contributed by atoms with Crippen LogP contribution in [-0.2, 0) is 16.6 Å². The predicted molar refractivity (Wildman–Crippen MR) is 83.4 cm³/mol. The fourth-order valence-electron chi connectivity index (χ4n) is 1.59. The molecule has 0 saturated heterocycles. The van der Waals surface area contributed by atoms with E-state index in [1.165, 1.54) is 11.3 Å². The number of nitrogens with one attached hydrogen (secondary N) is 1. The number of hydrogen-bond acceptors (Lipinski definition) is 4. The zero-order valence-electron chi connectivity index (χ0n) is 11.2. The van der Waals surface area contributed by atoms with Gasteiger partial charge < -0.3 is 5.11 Å². The van der Waals surface area contributed by atoms with Gasteiger partial charge in [-0.1, -0.05) is 30.0 Å². The summed E-state index contributed by atoms with van der Waals surface area (Å²) in [4.78, 5) is 2.00. The van der Waals surface area contributed by atoms with Crippen molar-refractivity contribution in [3.8, 4) is 11.8 Å². The van der Waals surface area contributed by atoms with E-state index in [1.807, 2.05) is 12.1 Å². The van der Waals surface area contributed by atoms with E-state index in [2.05, 4.69) is 16.6 Å². The van der Waals surface area contributed by atoms with Crippen LogP contribution in [0, 0.1) is 11.8 Å². The molecule has 0 radical (unpaired) electrons. The zero-order chi connectivity index (χ0) is 15.1. The molecule has 6 heteroatoms. The number of aliphatic hydroxyl groups is 1. The highest BCUT2D eigenvalue weighted by molar-refractivity contribution is 7.89. The average molecular weight is 321 g/mol. The Bertz CT molecular complexity index is 740. The molecule has 1 aromatic heterocycles. The fraction of sp³-hybridized carbons (Fsp3) is 0.200.